The molecule has 0 saturated heterocycles. The molecule has 21 heavy (non-hydrogen) atoms. The van der Waals surface area contributed by atoms with Gasteiger partial charge in [-0.05, 0) is 36.2 Å². The molecule has 108 valence electrons. The number of nitrogens with zero attached hydrogens (tertiary/aromatic N) is 1. The van der Waals surface area contributed by atoms with Gasteiger partial charge in [0.15, 0.2) is 0 Å². The fraction of sp³-hybridized carbons (Fsp3) is 0.235. The Balaban J connectivity index is 1.96. The number of fused-ring (bicyclic) bond motifs is 1. The SMILES string of the molecule is CCNC(=O)c1ccc(N)cc1N1Cc2ccccc2C1. The zero-order valence-corrected chi connectivity index (χ0v) is 12.1. The summed E-state index contributed by atoms with van der Waals surface area (Å²) in [4.78, 5) is 14.4. The first kappa shape index (κ1) is 13.5. The Morgan fingerprint density at radius 2 is 1.86 bits per heavy atom. The molecule has 0 aliphatic carbocycles. The first-order chi connectivity index (χ1) is 10.2. The van der Waals surface area contributed by atoms with Gasteiger partial charge in [-0.25, -0.2) is 0 Å². The number of hydrogen-bond acceptors (Lipinski definition) is 3. The van der Waals surface area contributed by atoms with Crippen LogP contribution in [0, 0.1) is 0 Å². The summed E-state index contributed by atoms with van der Waals surface area (Å²) in [5.41, 5.74) is 10.8. The lowest BCUT2D eigenvalue weighted by atomic mass is 10.1. The van der Waals surface area contributed by atoms with Crippen LogP contribution in [0.3, 0.4) is 0 Å². The number of carbonyl (C=O) groups excluding carboxylic acids is 1. The van der Waals surface area contributed by atoms with E-state index in [1.807, 2.05) is 25.1 Å². The Hall–Kier alpha value is -2.49. The zero-order chi connectivity index (χ0) is 14.8. The van der Waals surface area contributed by atoms with Crippen molar-refractivity contribution >= 4 is 17.3 Å². The van der Waals surface area contributed by atoms with Gasteiger partial charge in [-0.15, -0.1) is 0 Å². The molecule has 4 heteroatoms. The lowest BCUT2D eigenvalue weighted by molar-refractivity contribution is 0.0956. The minimum atomic E-state index is -0.0524. The summed E-state index contributed by atoms with van der Waals surface area (Å²) in [6, 6.07) is 13.8. The van der Waals surface area contributed by atoms with Crippen LogP contribution in [0.15, 0.2) is 42.5 Å². The molecule has 0 bridgehead atoms. The summed E-state index contributed by atoms with van der Waals surface area (Å²) in [7, 11) is 0. The van der Waals surface area contributed by atoms with Crippen molar-refractivity contribution in [2.24, 2.45) is 0 Å². The van der Waals surface area contributed by atoms with Crippen LogP contribution in [0.1, 0.15) is 28.4 Å². The van der Waals surface area contributed by atoms with E-state index < -0.39 is 0 Å². The highest BCUT2D eigenvalue weighted by Gasteiger charge is 2.23. The Morgan fingerprint density at radius 1 is 1.19 bits per heavy atom. The highest BCUT2D eigenvalue weighted by Crippen LogP contribution is 2.31. The highest BCUT2D eigenvalue weighted by atomic mass is 16.1. The molecule has 4 nitrogen and oxygen atoms in total. The number of nitrogen functional groups attached to an aromatic ring is 1. The third-order valence-electron chi connectivity index (χ3n) is 3.79. The van der Waals surface area contributed by atoms with Gasteiger partial charge in [-0.2, -0.15) is 0 Å². The number of anilines is 2. The van der Waals surface area contributed by atoms with E-state index in [-0.39, 0.29) is 5.91 Å². The van der Waals surface area contributed by atoms with Crippen molar-refractivity contribution in [1.29, 1.82) is 0 Å². The number of rotatable bonds is 3. The highest BCUT2D eigenvalue weighted by molar-refractivity contribution is 6.00. The molecule has 0 saturated carbocycles. The van der Waals surface area contributed by atoms with Gasteiger partial charge >= 0.3 is 0 Å². The van der Waals surface area contributed by atoms with Crippen LogP contribution in [0.5, 0.6) is 0 Å². The van der Waals surface area contributed by atoms with Gasteiger partial charge in [0.25, 0.3) is 5.91 Å². The van der Waals surface area contributed by atoms with E-state index in [4.69, 9.17) is 5.73 Å². The van der Waals surface area contributed by atoms with Gasteiger partial charge in [0.05, 0.1) is 11.3 Å². The van der Waals surface area contributed by atoms with Crippen molar-refractivity contribution in [2.75, 3.05) is 17.2 Å². The summed E-state index contributed by atoms with van der Waals surface area (Å²) in [5, 5.41) is 2.86. The van der Waals surface area contributed by atoms with Gasteiger partial charge in [-0.1, -0.05) is 24.3 Å². The van der Waals surface area contributed by atoms with Gasteiger partial charge in [-0.3, -0.25) is 4.79 Å². The molecule has 0 radical (unpaired) electrons. The molecule has 1 aliphatic rings. The van der Waals surface area contributed by atoms with Crippen molar-refractivity contribution in [2.45, 2.75) is 20.0 Å². The molecule has 1 amide bonds. The predicted octanol–water partition coefficient (Wildman–Crippen LogP) is 2.54. The van der Waals surface area contributed by atoms with Crippen LogP contribution >= 0.6 is 0 Å². The van der Waals surface area contributed by atoms with E-state index >= 15 is 0 Å². The number of benzene rings is 2. The minimum absolute atomic E-state index is 0.0524. The molecule has 1 aliphatic heterocycles. The van der Waals surface area contributed by atoms with Crippen LogP contribution in [0.4, 0.5) is 11.4 Å². The Kier molecular flexibility index (Phi) is 3.52. The summed E-state index contributed by atoms with van der Waals surface area (Å²) in [6.45, 7) is 4.15. The summed E-state index contributed by atoms with van der Waals surface area (Å²) in [5.74, 6) is -0.0524. The van der Waals surface area contributed by atoms with Crippen LogP contribution < -0.4 is 16.0 Å². The Bertz CT molecular complexity index is 656. The average molecular weight is 281 g/mol. The lowest BCUT2D eigenvalue weighted by Gasteiger charge is -2.21. The molecule has 0 unspecified atom stereocenters. The average Bonchev–Trinajstić information content (AvgIpc) is 2.91. The second kappa shape index (κ2) is 5.48. The smallest absolute Gasteiger partial charge is 0.253 e. The van der Waals surface area contributed by atoms with E-state index in [1.54, 1.807) is 12.1 Å². The van der Waals surface area contributed by atoms with Crippen molar-refractivity contribution in [3.63, 3.8) is 0 Å². The van der Waals surface area contributed by atoms with E-state index in [0.717, 1.165) is 18.8 Å². The summed E-state index contributed by atoms with van der Waals surface area (Å²) >= 11 is 0. The van der Waals surface area contributed by atoms with Crippen LogP contribution in [-0.2, 0) is 13.1 Å². The largest absolute Gasteiger partial charge is 0.399 e. The first-order valence-corrected chi connectivity index (χ1v) is 7.18. The van der Waals surface area contributed by atoms with Crippen molar-refractivity contribution in [1.82, 2.24) is 5.32 Å². The molecule has 0 fully saturated rings. The summed E-state index contributed by atoms with van der Waals surface area (Å²) in [6.07, 6.45) is 0. The van der Waals surface area contributed by atoms with Crippen molar-refractivity contribution in [3.8, 4) is 0 Å². The maximum atomic E-state index is 12.2. The van der Waals surface area contributed by atoms with Gasteiger partial charge in [0, 0.05) is 25.3 Å². The molecule has 1 heterocycles. The maximum absolute atomic E-state index is 12.2. The molecular formula is C17H19N3O. The molecular weight excluding hydrogens is 262 g/mol. The van der Waals surface area contributed by atoms with E-state index in [0.29, 0.717) is 17.8 Å². The number of carbonyl (C=O) groups is 1. The minimum Gasteiger partial charge on any atom is -0.399 e. The normalized spacial score (nSPS) is 13.1. The molecule has 2 aromatic rings. The van der Waals surface area contributed by atoms with Crippen molar-refractivity contribution < 1.29 is 4.79 Å². The van der Waals surface area contributed by atoms with E-state index in [9.17, 15) is 4.79 Å². The van der Waals surface area contributed by atoms with E-state index in [1.165, 1.54) is 11.1 Å². The van der Waals surface area contributed by atoms with Crippen molar-refractivity contribution in [3.05, 3.63) is 59.2 Å². The monoisotopic (exact) mass is 281 g/mol. The quantitative estimate of drug-likeness (QED) is 0.850. The number of hydrogen-bond donors (Lipinski definition) is 2. The number of nitrogens with one attached hydrogen (secondary N) is 1. The molecule has 0 aromatic heterocycles. The lowest BCUT2D eigenvalue weighted by Crippen LogP contribution is -2.26. The van der Waals surface area contributed by atoms with Crippen LogP contribution in [0.2, 0.25) is 0 Å². The summed E-state index contributed by atoms with van der Waals surface area (Å²) < 4.78 is 0. The standard InChI is InChI=1S/C17H19N3O/c1-2-19-17(21)15-8-7-14(18)9-16(15)20-10-12-5-3-4-6-13(12)11-20/h3-9H,2,10-11,18H2,1H3,(H,19,21). The number of amides is 1. The topological polar surface area (TPSA) is 58.4 Å². The third kappa shape index (κ3) is 2.57. The van der Waals surface area contributed by atoms with Gasteiger partial charge < -0.3 is 16.0 Å². The second-order valence-corrected chi connectivity index (χ2v) is 5.26. The fourth-order valence-corrected chi connectivity index (χ4v) is 2.76. The van der Waals surface area contributed by atoms with Gasteiger partial charge in [0.2, 0.25) is 0 Å². The Morgan fingerprint density at radius 3 is 2.48 bits per heavy atom. The maximum Gasteiger partial charge on any atom is 0.253 e. The third-order valence-corrected chi connectivity index (χ3v) is 3.79. The Labute approximate surface area is 124 Å². The molecule has 0 atom stereocenters. The molecule has 3 rings (SSSR count). The molecule has 2 aromatic carbocycles. The van der Waals surface area contributed by atoms with Crippen LogP contribution in [-0.4, -0.2) is 12.5 Å². The second-order valence-electron chi connectivity index (χ2n) is 5.26. The van der Waals surface area contributed by atoms with Gasteiger partial charge in [0.1, 0.15) is 0 Å². The molecule has 0 spiro atoms. The fourth-order valence-electron chi connectivity index (χ4n) is 2.76. The molecule has 3 N–H and O–H groups in total. The number of nitrogens with two attached hydrogens (primary N) is 1. The van der Waals surface area contributed by atoms with Crippen LogP contribution in [0.25, 0.3) is 0 Å². The predicted molar refractivity (Wildman–Crippen MR) is 85.2 cm³/mol. The van der Waals surface area contributed by atoms with E-state index in [2.05, 4.69) is 22.3 Å². The first-order valence-electron chi connectivity index (χ1n) is 7.18. The zero-order valence-electron chi connectivity index (χ0n) is 12.1.